The van der Waals surface area contributed by atoms with Crippen LogP contribution in [0.1, 0.15) is 18.7 Å². The van der Waals surface area contributed by atoms with E-state index in [0.29, 0.717) is 22.8 Å². The summed E-state index contributed by atoms with van der Waals surface area (Å²) in [5.74, 6) is -0.225. The average molecular weight is 436 g/mol. The molecule has 0 bridgehead atoms. The Morgan fingerprint density at radius 2 is 1.91 bits per heavy atom. The van der Waals surface area contributed by atoms with Gasteiger partial charge in [-0.3, -0.25) is 14.9 Å². The second-order valence-corrected chi connectivity index (χ2v) is 7.04. The summed E-state index contributed by atoms with van der Waals surface area (Å²) in [6, 6.07) is 13.1. The van der Waals surface area contributed by atoms with E-state index in [1.54, 1.807) is 31.2 Å². The number of rotatable bonds is 5. The van der Waals surface area contributed by atoms with Crippen LogP contribution in [0.5, 0.6) is 0 Å². The molecule has 4 rings (SSSR count). The monoisotopic (exact) mass is 436 g/mol. The molecule has 32 heavy (non-hydrogen) atoms. The number of nitro groups is 1. The summed E-state index contributed by atoms with van der Waals surface area (Å²) in [6.07, 6.45) is 0. The minimum absolute atomic E-state index is 0.171. The zero-order chi connectivity index (χ0) is 22.8. The highest BCUT2D eigenvalue weighted by molar-refractivity contribution is 6.06. The van der Waals surface area contributed by atoms with E-state index in [4.69, 9.17) is 4.42 Å². The minimum Gasteiger partial charge on any atom is -0.459 e. The van der Waals surface area contributed by atoms with Crippen molar-refractivity contribution in [1.82, 2.24) is 10.6 Å². The molecule has 0 unspecified atom stereocenters. The number of furan rings is 1. The van der Waals surface area contributed by atoms with Gasteiger partial charge < -0.3 is 20.4 Å². The van der Waals surface area contributed by atoms with Crippen LogP contribution in [-0.4, -0.2) is 16.9 Å². The fourth-order valence-corrected chi connectivity index (χ4v) is 3.38. The Balaban J connectivity index is 1.64. The molecular weight excluding hydrogens is 419 g/mol. The van der Waals surface area contributed by atoms with Gasteiger partial charge in [-0.2, -0.15) is 0 Å². The van der Waals surface area contributed by atoms with Gasteiger partial charge >= 0.3 is 6.03 Å². The summed E-state index contributed by atoms with van der Waals surface area (Å²) < 4.78 is 19.1. The summed E-state index contributed by atoms with van der Waals surface area (Å²) in [5, 5.41) is 18.8. The van der Waals surface area contributed by atoms with E-state index in [1.807, 2.05) is 0 Å². The van der Waals surface area contributed by atoms with Gasteiger partial charge in [0.05, 0.1) is 10.5 Å². The first-order valence-electron chi connectivity index (χ1n) is 9.51. The lowest BCUT2D eigenvalue weighted by molar-refractivity contribution is -0.384. The van der Waals surface area contributed by atoms with Crippen molar-refractivity contribution in [2.45, 2.75) is 13.0 Å². The standard InChI is InChI=1S/C22H17FN4O5/c1-12-19(21(28)25-15-3-2-4-16(11-15)27(30)31)20(26-22(29)24-12)18-10-9-17(32-18)13-5-7-14(23)8-6-13/h2-11,20H,1H3,(H,25,28)(H2,24,26,29)/t20-/m1/s1. The number of nitro benzene ring substituents is 1. The number of carbonyl (C=O) groups is 2. The molecule has 1 aliphatic heterocycles. The minimum atomic E-state index is -0.906. The van der Waals surface area contributed by atoms with Crippen molar-refractivity contribution in [3.05, 3.63) is 93.6 Å². The number of nitrogens with zero attached hydrogens (tertiary/aromatic N) is 1. The molecule has 3 amide bonds. The molecule has 2 aromatic carbocycles. The predicted octanol–water partition coefficient (Wildman–Crippen LogP) is 4.26. The Labute approximate surface area is 181 Å². The molecule has 9 nitrogen and oxygen atoms in total. The lowest BCUT2D eigenvalue weighted by Crippen LogP contribution is -2.45. The molecule has 0 radical (unpaired) electrons. The molecule has 3 N–H and O–H groups in total. The maximum Gasteiger partial charge on any atom is 0.319 e. The smallest absolute Gasteiger partial charge is 0.319 e. The quantitative estimate of drug-likeness (QED) is 0.407. The van der Waals surface area contributed by atoms with Crippen LogP contribution in [0.2, 0.25) is 0 Å². The number of benzene rings is 2. The van der Waals surface area contributed by atoms with Gasteiger partial charge in [-0.05, 0) is 49.4 Å². The normalized spacial score (nSPS) is 15.7. The van der Waals surface area contributed by atoms with Crippen molar-refractivity contribution in [3.8, 4) is 11.3 Å². The van der Waals surface area contributed by atoms with Gasteiger partial charge in [0, 0.05) is 29.1 Å². The molecule has 162 valence electrons. The highest BCUT2D eigenvalue weighted by Crippen LogP contribution is 2.32. The number of carbonyl (C=O) groups excluding carboxylic acids is 2. The van der Waals surface area contributed by atoms with Gasteiger partial charge in [0.2, 0.25) is 0 Å². The molecule has 0 aliphatic carbocycles. The third-order valence-electron chi connectivity index (χ3n) is 4.87. The third-order valence-corrected chi connectivity index (χ3v) is 4.87. The number of urea groups is 1. The van der Waals surface area contributed by atoms with E-state index in [0.717, 1.165) is 0 Å². The largest absolute Gasteiger partial charge is 0.459 e. The Bertz CT molecular complexity index is 1250. The first-order chi connectivity index (χ1) is 15.3. The van der Waals surface area contributed by atoms with E-state index in [-0.39, 0.29) is 22.8 Å². The summed E-state index contributed by atoms with van der Waals surface area (Å²) in [6.45, 7) is 1.57. The van der Waals surface area contributed by atoms with Crippen LogP contribution >= 0.6 is 0 Å². The molecule has 3 aromatic rings. The van der Waals surface area contributed by atoms with Crippen LogP contribution in [0.15, 0.2) is 76.4 Å². The topological polar surface area (TPSA) is 127 Å². The summed E-state index contributed by atoms with van der Waals surface area (Å²) >= 11 is 0. The Kier molecular flexibility index (Phi) is 5.42. The van der Waals surface area contributed by atoms with E-state index >= 15 is 0 Å². The molecule has 1 atom stereocenters. The van der Waals surface area contributed by atoms with Crippen molar-refractivity contribution < 1.29 is 23.3 Å². The molecule has 0 saturated heterocycles. The van der Waals surface area contributed by atoms with Gasteiger partial charge in [-0.15, -0.1) is 0 Å². The number of non-ortho nitro benzene ring substituents is 1. The molecule has 1 aliphatic rings. The van der Waals surface area contributed by atoms with Crippen molar-refractivity contribution in [1.29, 1.82) is 0 Å². The maximum atomic E-state index is 13.2. The molecular formula is C22H17FN4O5. The second kappa shape index (κ2) is 8.34. The van der Waals surface area contributed by atoms with Crippen LogP contribution in [0.4, 0.5) is 20.6 Å². The molecule has 2 heterocycles. The second-order valence-electron chi connectivity index (χ2n) is 7.04. The van der Waals surface area contributed by atoms with Crippen LogP contribution in [0, 0.1) is 15.9 Å². The summed E-state index contributed by atoms with van der Waals surface area (Å²) in [5.41, 5.74) is 1.17. The van der Waals surface area contributed by atoms with Crippen molar-refractivity contribution >= 4 is 23.3 Å². The molecule has 1 aromatic heterocycles. The average Bonchev–Trinajstić information content (AvgIpc) is 3.24. The lowest BCUT2D eigenvalue weighted by Gasteiger charge is -2.27. The van der Waals surface area contributed by atoms with Gasteiger partial charge in [-0.1, -0.05) is 6.07 Å². The zero-order valence-electron chi connectivity index (χ0n) is 16.7. The fraction of sp³-hybridized carbons (Fsp3) is 0.0909. The highest BCUT2D eigenvalue weighted by atomic mass is 19.1. The molecule has 10 heteroatoms. The van der Waals surface area contributed by atoms with Crippen LogP contribution in [0.25, 0.3) is 11.3 Å². The van der Waals surface area contributed by atoms with Gasteiger partial charge in [-0.25, -0.2) is 9.18 Å². The van der Waals surface area contributed by atoms with Gasteiger partial charge in [0.25, 0.3) is 11.6 Å². The van der Waals surface area contributed by atoms with Crippen LogP contribution < -0.4 is 16.0 Å². The summed E-state index contributed by atoms with van der Waals surface area (Å²) in [4.78, 5) is 35.6. The molecule has 0 saturated carbocycles. The van der Waals surface area contributed by atoms with Crippen molar-refractivity contribution in [3.63, 3.8) is 0 Å². The molecule has 0 spiro atoms. The number of nitrogens with one attached hydrogen (secondary N) is 3. The third kappa shape index (κ3) is 4.19. The van der Waals surface area contributed by atoms with Crippen LogP contribution in [-0.2, 0) is 4.79 Å². The first kappa shape index (κ1) is 20.8. The molecule has 0 fully saturated rings. The number of hydrogen-bond acceptors (Lipinski definition) is 5. The van der Waals surface area contributed by atoms with Crippen molar-refractivity contribution in [2.24, 2.45) is 0 Å². The van der Waals surface area contributed by atoms with E-state index in [2.05, 4.69) is 16.0 Å². The Hall–Kier alpha value is -4.47. The van der Waals surface area contributed by atoms with Gasteiger partial charge in [0.15, 0.2) is 0 Å². The van der Waals surface area contributed by atoms with Crippen LogP contribution in [0.3, 0.4) is 0 Å². The SMILES string of the molecule is CC1=C(C(=O)Nc2cccc([N+](=O)[O-])c2)[C@@H](c2ccc(-c3ccc(F)cc3)o2)NC(=O)N1. The predicted molar refractivity (Wildman–Crippen MR) is 113 cm³/mol. The van der Waals surface area contributed by atoms with E-state index < -0.39 is 22.9 Å². The van der Waals surface area contributed by atoms with E-state index in [9.17, 15) is 24.1 Å². The van der Waals surface area contributed by atoms with Crippen molar-refractivity contribution in [2.75, 3.05) is 5.32 Å². The summed E-state index contributed by atoms with van der Waals surface area (Å²) in [7, 11) is 0. The number of anilines is 1. The van der Waals surface area contributed by atoms with Gasteiger partial charge in [0.1, 0.15) is 23.4 Å². The lowest BCUT2D eigenvalue weighted by atomic mass is 9.99. The Morgan fingerprint density at radius 3 is 2.62 bits per heavy atom. The highest BCUT2D eigenvalue weighted by Gasteiger charge is 2.33. The number of hydrogen-bond donors (Lipinski definition) is 3. The maximum absolute atomic E-state index is 13.2. The fourth-order valence-electron chi connectivity index (χ4n) is 3.38. The number of halogens is 1. The number of amides is 3. The van der Waals surface area contributed by atoms with E-state index in [1.165, 1.54) is 36.4 Å². The number of allylic oxidation sites excluding steroid dienone is 1. The zero-order valence-corrected chi connectivity index (χ0v) is 16.7. The Morgan fingerprint density at radius 1 is 1.16 bits per heavy atom. The first-order valence-corrected chi connectivity index (χ1v) is 9.51.